The van der Waals surface area contributed by atoms with Gasteiger partial charge in [0, 0.05) is 24.8 Å². The third-order valence-electron chi connectivity index (χ3n) is 3.06. The molecule has 0 aromatic carbocycles. The molecule has 0 radical (unpaired) electrons. The van der Waals surface area contributed by atoms with Crippen LogP contribution in [0.4, 0.5) is 5.82 Å². The minimum absolute atomic E-state index is 0.140. The molecule has 1 aliphatic heterocycles. The van der Waals surface area contributed by atoms with Crippen molar-refractivity contribution >= 4 is 15.8 Å². The lowest BCUT2D eigenvalue weighted by Crippen LogP contribution is -2.31. The number of sulfonamides is 1. The standard InChI is InChI=1S/C12H20N4O2S/c1-10-8-12(16-6-4-3-5-7-16)15-11(14-10)9-13-19(2,17)18/h8,13H,3-7,9H2,1-2H3. The second kappa shape index (κ2) is 5.83. The van der Waals surface area contributed by atoms with Crippen LogP contribution in [-0.4, -0.2) is 37.7 Å². The van der Waals surface area contributed by atoms with Crippen molar-refractivity contribution in [2.75, 3.05) is 24.2 Å². The van der Waals surface area contributed by atoms with E-state index in [9.17, 15) is 8.42 Å². The van der Waals surface area contributed by atoms with Gasteiger partial charge in [0.05, 0.1) is 12.8 Å². The number of piperidine rings is 1. The highest BCUT2D eigenvalue weighted by Gasteiger charge is 2.14. The Morgan fingerprint density at radius 1 is 1.26 bits per heavy atom. The van der Waals surface area contributed by atoms with E-state index in [1.165, 1.54) is 19.3 Å². The number of rotatable bonds is 4. The number of aromatic nitrogens is 2. The molecule has 0 atom stereocenters. The zero-order chi connectivity index (χ0) is 13.9. The van der Waals surface area contributed by atoms with Crippen molar-refractivity contribution in [2.24, 2.45) is 0 Å². The number of hydrogen-bond donors (Lipinski definition) is 1. The molecular formula is C12H20N4O2S. The lowest BCUT2D eigenvalue weighted by molar-refractivity contribution is 0.570. The second-order valence-electron chi connectivity index (χ2n) is 4.92. The fraction of sp³-hybridized carbons (Fsp3) is 0.667. The van der Waals surface area contributed by atoms with Crippen LogP contribution in [-0.2, 0) is 16.6 Å². The average Bonchev–Trinajstić information content (AvgIpc) is 2.36. The van der Waals surface area contributed by atoms with E-state index < -0.39 is 10.0 Å². The molecule has 0 unspecified atom stereocenters. The molecule has 106 valence electrons. The van der Waals surface area contributed by atoms with Gasteiger partial charge < -0.3 is 4.90 Å². The molecule has 7 heteroatoms. The van der Waals surface area contributed by atoms with Gasteiger partial charge in [0.15, 0.2) is 0 Å². The number of anilines is 1. The molecule has 2 heterocycles. The SMILES string of the molecule is Cc1cc(N2CCCCC2)nc(CNS(C)(=O)=O)n1. The van der Waals surface area contributed by atoms with Crippen molar-refractivity contribution in [3.63, 3.8) is 0 Å². The summed E-state index contributed by atoms with van der Waals surface area (Å²) in [4.78, 5) is 11.0. The predicted octanol–water partition coefficient (Wildman–Crippen LogP) is 0.825. The highest BCUT2D eigenvalue weighted by molar-refractivity contribution is 7.88. The topological polar surface area (TPSA) is 75.2 Å². The summed E-state index contributed by atoms with van der Waals surface area (Å²) in [6.45, 7) is 4.06. The van der Waals surface area contributed by atoms with E-state index in [1.54, 1.807) is 0 Å². The van der Waals surface area contributed by atoms with Crippen molar-refractivity contribution < 1.29 is 8.42 Å². The number of aryl methyl sites for hydroxylation is 1. The smallest absolute Gasteiger partial charge is 0.209 e. The molecule has 1 aliphatic rings. The fourth-order valence-corrected chi connectivity index (χ4v) is 2.56. The lowest BCUT2D eigenvalue weighted by atomic mass is 10.1. The maximum atomic E-state index is 11.1. The van der Waals surface area contributed by atoms with E-state index in [0.717, 1.165) is 30.9 Å². The summed E-state index contributed by atoms with van der Waals surface area (Å²) < 4.78 is 24.6. The molecule has 2 rings (SSSR count). The minimum Gasteiger partial charge on any atom is -0.357 e. The highest BCUT2D eigenvalue weighted by atomic mass is 32.2. The molecule has 0 amide bonds. The Morgan fingerprint density at radius 2 is 1.95 bits per heavy atom. The molecule has 0 spiro atoms. The van der Waals surface area contributed by atoms with Crippen LogP contribution >= 0.6 is 0 Å². The van der Waals surface area contributed by atoms with Crippen molar-refractivity contribution in [2.45, 2.75) is 32.7 Å². The van der Waals surface area contributed by atoms with Gasteiger partial charge in [-0.1, -0.05) is 0 Å². The summed E-state index contributed by atoms with van der Waals surface area (Å²) in [7, 11) is -3.22. The Morgan fingerprint density at radius 3 is 2.58 bits per heavy atom. The van der Waals surface area contributed by atoms with E-state index in [1.807, 2.05) is 13.0 Å². The number of hydrogen-bond acceptors (Lipinski definition) is 5. The predicted molar refractivity (Wildman–Crippen MR) is 74.5 cm³/mol. The van der Waals surface area contributed by atoms with Gasteiger partial charge in [0.25, 0.3) is 0 Å². The third-order valence-corrected chi connectivity index (χ3v) is 3.73. The van der Waals surface area contributed by atoms with Crippen molar-refractivity contribution in [1.29, 1.82) is 0 Å². The van der Waals surface area contributed by atoms with Crippen LogP contribution in [0.3, 0.4) is 0 Å². The molecule has 1 aromatic rings. The summed E-state index contributed by atoms with van der Waals surface area (Å²) in [6.07, 6.45) is 4.76. The van der Waals surface area contributed by atoms with Crippen LogP contribution in [0.2, 0.25) is 0 Å². The second-order valence-corrected chi connectivity index (χ2v) is 6.76. The Hall–Kier alpha value is -1.21. The minimum atomic E-state index is -3.22. The van der Waals surface area contributed by atoms with Gasteiger partial charge in [-0.25, -0.2) is 23.1 Å². The first-order valence-electron chi connectivity index (χ1n) is 6.48. The van der Waals surface area contributed by atoms with E-state index >= 15 is 0 Å². The lowest BCUT2D eigenvalue weighted by Gasteiger charge is -2.28. The van der Waals surface area contributed by atoms with Gasteiger partial charge in [-0.3, -0.25) is 0 Å². The largest absolute Gasteiger partial charge is 0.357 e. The van der Waals surface area contributed by atoms with E-state index in [2.05, 4.69) is 19.6 Å². The van der Waals surface area contributed by atoms with Gasteiger partial charge in [-0.2, -0.15) is 0 Å². The van der Waals surface area contributed by atoms with Crippen LogP contribution < -0.4 is 9.62 Å². The first-order chi connectivity index (χ1) is 8.94. The zero-order valence-electron chi connectivity index (χ0n) is 11.4. The van der Waals surface area contributed by atoms with Crippen LogP contribution in [0.15, 0.2) is 6.07 Å². The normalized spacial score (nSPS) is 16.6. The summed E-state index contributed by atoms with van der Waals surface area (Å²) in [5.74, 6) is 1.42. The van der Waals surface area contributed by atoms with Crippen LogP contribution in [0.25, 0.3) is 0 Å². The molecule has 1 N–H and O–H groups in total. The monoisotopic (exact) mass is 284 g/mol. The number of nitrogens with one attached hydrogen (secondary N) is 1. The Labute approximate surface area is 114 Å². The summed E-state index contributed by atoms with van der Waals surface area (Å²) in [6, 6.07) is 1.95. The van der Waals surface area contributed by atoms with Gasteiger partial charge in [0.2, 0.25) is 10.0 Å². The Bertz CT molecular complexity index is 539. The Balaban J connectivity index is 2.14. The third kappa shape index (κ3) is 4.43. The highest BCUT2D eigenvalue weighted by Crippen LogP contribution is 2.18. The maximum absolute atomic E-state index is 11.1. The molecule has 6 nitrogen and oxygen atoms in total. The zero-order valence-corrected chi connectivity index (χ0v) is 12.2. The molecule has 1 fully saturated rings. The van der Waals surface area contributed by atoms with Crippen molar-refractivity contribution in [1.82, 2.24) is 14.7 Å². The summed E-state index contributed by atoms with van der Waals surface area (Å²) >= 11 is 0. The molecule has 1 aromatic heterocycles. The number of nitrogens with zero attached hydrogens (tertiary/aromatic N) is 3. The van der Waals surface area contributed by atoms with E-state index in [-0.39, 0.29) is 6.54 Å². The van der Waals surface area contributed by atoms with Gasteiger partial charge in [-0.15, -0.1) is 0 Å². The summed E-state index contributed by atoms with van der Waals surface area (Å²) in [5, 5.41) is 0. The molecule has 19 heavy (non-hydrogen) atoms. The van der Waals surface area contributed by atoms with Crippen LogP contribution in [0.1, 0.15) is 30.8 Å². The molecular weight excluding hydrogens is 264 g/mol. The Kier molecular flexibility index (Phi) is 4.36. The quantitative estimate of drug-likeness (QED) is 0.886. The average molecular weight is 284 g/mol. The van der Waals surface area contributed by atoms with Gasteiger partial charge in [-0.05, 0) is 26.2 Å². The molecule has 0 bridgehead atoms. The van der Waals surface area contributed by atoms with Gasteiger partial charge >= 0.3 is 0 Å². The fourth-order valence-electron chi connectivity index (χ4n) is 2.17. The summed E-state index contributed by atoms with van der Waals surface area (Å²) in [5.41, 5.74) is 0.862. The van der Waals surface area contributed by atoms with E-state index in [0.29, 0.717) is 5.82 Å². The molecule has 0 aliphatic carbocycles. The van der Waals surface area contributed by atoms with E-state index in [4.69, 9.17) is 0 Å². The van der Waals surface area contributed by atoms with Crippen molar-refractivity contribution in [3.8, 4) is 0 Å². The molecule has 1 saturated heterocycles. The maximum Gasteiger partial charge on any atom is 0.209 e. The van der Waals surface area contributed by atoms with Crippen molar-refractivity contribution in [3.05, 3.63) is 17.6 Å². The first kappa shape index (κ1) is 14.2. The molecule has 0 saturated carbocycles. The first-order valence-corrected chi connectivity index (χ1v) is 8.37. The van der Waals surface area contributed by atoms with Gasteiger partial charge in [0.1, 0.15) is 11.6 Å². The van der Waals surface area contributed by atoms with Crippen LogP contribution in [0, 0.1) is 6.92 Å². The van der Waals surface area contributed by atoms with Crippen LogP contribution in [0.5, 0.6) is 0 Å².